The van der Waals surface area contributed by atoms with Gasteiger partial charge in [0.15, 0.2) is 11.5 Å². The van der Waals surface area contributed by atoms with Crippen molar-refractivity contribution in [2.24, 2.45) is 0 Å². The van der Waals surface area contributed by atoms with Crippen molar-refractivity contribution in [2.45, 2.75) is 0 Å². The van der Waals surface area contributed by atoms with E-state index in [1.54, 1.807) is 0 Å². The molecule has 1 N–H and O–H groups in total. The van der Waals surface area contributed by atoms with E-state index in [2.05, 4.69) is 58.7 Å². The fraction of sp³-hybridized carbons (Fsp3) is 0.0952. The Hall–Kier alpha value is -3.27. The fourth-order valence-corrected chi connectivity index (χ4v) is 3.18. The second-order valence-corrected chi connectivity index (χ2v) is 6.09. The van der Waals surface area contributed by atoms with Crippen molar-refractivity contribution in [1.82, 2.24) is 10.2 Å². The van der Waals surface area contributed by atoms with Gasteiger partial charge in [0.05, 0.1) is 11.4 Å². The molecule has 0 atom stereocenters. The fourth-order valence-electron chi connectivity index (χ4n) is 3.18. The van der Waals surface area contributed by atoms with Gasteiger partial charge in [0.25, 0.3) is 0 Å². The number of hydrogen-bond acceptors (Lipinski definition) is 3. The Balaban J connectivity index is 1.52. The third kappa shape index (κ3) is 2.52. The van der Waals surface area contributed by atoms with Crippen LogP contribution in [0.3, 0.4) is 0 Å². The first-order valence-electron chi connectivity index (χ1n) is 8.31. The first-order valence-corrected chi connectivity index (χ1v) is 8.31. The van der Waals surface area contributed by atoms with Gasteiger partial charge in [-0.2, -0.15) is 5.10 Å². The van der Waals surface area contributed by atoms with E-state index in [1.807, 2.05) is 18.2 Å². The molecule has 0 fully saturated rings. The highest BCUT2D eigenvalue weighted by Crippen LogP contribution is 2.35. The summed E-state index contributed by atoms with van der Waals surface area (Å²) in [6.45, 7) is 1.18. The first kappa shape index (κ1) is 14.1. The number of aromatic amines is 1. The topological polar surface area (TPSA) is 47.1 Å². The number of rotatable bonds is 2. The van der Waals surface area contributed by atoms with E-state index in [9.17, 15) is 0 Å². The largest absolute Gasteiger partial charge is 0.486 e. The molecule has 0 saturated carbocycles. The summed E-state index contributed by atoms with van der Waals surface area (Å²) >= 11 is 0. The Morgan fingerprint density at radius 3 is 2.44 bits per heavy atom. The molecular weight excluding hydrogens is 312 g/mol. The van der Waals surface area contributed by atoms with E-state index in [1.165, 1.54) is 10.8 Å². The van der Waals surface area contributed by atoms with Crippen LogP contribution in [0.1, 0.15) is 0 Å². The van der Waals surface area contributed by atoms with Crippen molar-refractivity contribution < 1.29 is 9.47 Å². The zero-order valence-electron chi connectivity index (χ0n) is 13.5. The molecule has 122 valence electrons. The molecule has 0 radical (unpaired) electrons. The molecule has 2 heterocycles. The molecule has 4 aromatic rings. The molecular formula is C21H16N2O2. The first-order chi connectivity index (χ1) is 12.4. The van der Waals surface area contributed by atoms with E-state index in [0.29, 0.717) is 13.2 Å². The standard InChI is InChI=1S/C21H16N2O2/c1-2-4-15-11-16(6-5-14(15)3-1)18-13-19(23-22-18)17-7-8-20-21(12-17)25-10-9-24-20/h1-8,11-13H,9-10H2,(H,22,23). The Bertz CT molecular complexity index is 1070. The maximum Gasteiger partial charge on any atom is 0.162 e. The Morgan fingerprint density at radius 1 is 0.720 bits per heavy atom. The summed E-state index contributed by atoms with van der Waals surface area (Å²) in [5.74, 6) is 1.58. The molecule has 25 heavy (non-hydrogen) atoms. The van der Waals surface area contributed by atoms with Crippen LogP contribution in [0.15, 0.2) is 66.7 Å². The minimum atomic E-state index is 0.585. The minimum Gasteiger partial charge on any atom is -0.486 e. The lowest BCUT2D eigenvalue weighted by molar-refractivity contribution is 0.171. The number of benzene rings is 3. The van der Waals surface area contributed by atoms with Crippen molar-refractivity contribution in [3.05, 3.63) is 66.7 Å². The van der Waals surface area contributed by atoms with Gasteiger partial charge < -0.3 is 9.47 Å². The van der Waals surface area contributed by atoms with Crippen LogP contribution in [0, 0.1) is 0 Å². The molecule has 1 aromatic heterocycles. The zero-order chi connectivity index (χ0) is 16.6. The van der Waals surface area contributed by atoms with Crippen molar-refractivity contribution in [3.8, 4) is 34.0 Å². The van der Waals surface area contributed by atoms with Crippen LogP contribution in [0.25, 0.3) is 33.3 Å². The predicted molar refractivity (Wildman–Crippen MR) is 98.0 cm³/mol. The highest BCUT2D eigenvalue weighted by atomic mass is 16.6. The number of fused-ring (bicyclic) bond motifs is 2. The maximum absolute atomic E-state index is 5.67. The number of ether oxygens (including phenoxy) is 2. The molecule has 1 aliphatic rings. The van der Waals surface area contributed by atoms with Gasteiger partial charge in [-0.1, -0.05) is 36.4 Å². The van der Waals surface area contributed by atoms with Crippen LogP contribution in [-0.2, 0) is 0 Å². The summed E-state index contributed by atoms with van der Waals surface area (Å²) in [5.41, 5.74) is 4.01. The minimum absolute atomic E-state index is 0.585. The molecule has 0 spiro atoms. The summed E-state index contributed by atoms with van der Waals surface area (Å²) in [5, 5.41) is 10.1. The van der Waals surface area contributed by atoms with Crippen molar-refractivity contribution in [3.63, 3.8) is 0 Å². The second kappa shape index (κ2) is 5.67. The molecule has 0 bridgehead atoms. The predicted octanol–water partition coefficient (Wildman–Crippen LogP) is 4.67. The summed E-state index contributed by atoms with van der Waals surface area (Å²) in [6, 6.07) is 22.8. The zero-order valence-corrected chi connectivity index (χ0v) is 13.5. The van der Waals surface area contributed by atoms with Crippen molar-refractivity contribution in [1.29, 1.82) is 0 Å². The van der Waals surface area contributed by atoms with Gasteiger partial charge in [0.1, 0.15) is 13.2 Å². The highest BCUT2D eigenvalue weighted by molar-refractivity contribution is 5.87. The highest BCUT2D eigenvalue weighted by Gasteiger charge is 2.14. The number of nitrogens with zero attached hydrogens (tertiary/aromatic N) is 1. The van der Waals surface area contributed by atoms with Crippen LogP contribution in [-0.4, -0.2) is 23.4 Å². The molecule has 0 aliphatic carbocycles. The monoisotopic (exact) mass is 328 g/mol. The second-order valence-electron chi connectivity index (χ2n) is 6.09. The van der Waals surface area contributed by atoms with E-state index in [-0.39, 0.29) is 0 Å². The quantitative estimate of drug-likeness (QED) is 0.582. The number of aromatic nitrogens is 2. The third-order valence-electron chi connectivity index (χ3n) is 4.48. The molecule has 4 heteroatoms. The van der Waals surface area contributed by atoms with E-state index in [0.717, 1.165) is 34.0 Å². The van der Waals surface area contributed by atoms with Crippen LogP contribution in [0.2, 0.25) is 0 Å². The van der Waals surface area contributed by atoms with Gasteiger partial charge in [0.2, 0.25) is 0 Å². The molecule has 0 amide bonds. The number of hydrogen-bond donors (Lipinski definition) is 1. The molecule has 0 unspecified atom stereocenters. The van der Waals surface area contributed by atoms with Crippen LogP contribution in [0.5, 0.6) is 11.5 Å². The lowest BCUT2D eigenvalue weighted by Crippen LogP contribution is -2.15. The lowest BCUT2D eigenvalue weighted by Gasteiger charge is -2.18. The van der Waals surface area contributed by atoms with Crippen molar-refractivity contribution >= 4 is 10.8 Å². The van der Waals surface area contributed by atoms with E-state index in [4.69, 9.17) is 9.47 Å². The van der Waals surface area contributed by atoms with Crippen molar-refractivity contribution in [2.75, 3.05) is 13.2 Å². The smallest absolute Gasteiger partial charge is 0.162 e. The summed E-state index contributed by atoms with van der Waals surface area (Å²) in [7, 11) is 0. The molecule has 0 saturated heterocycles. The Morgan fingerprint density at radius 2 is 1.52 bits per heavy atom. The Labute approximate surface area is 145 Å². The van der Waals surface area contributed by atoms with E-state index < -0.39 is 0 Å². The maximum atomic E-state index is 5.67. The Kier molecular flexibility index (Phi) is 3.20. The third-order valence-corrected chi connectivity index (χ3v) is 4.48. The van der Waals surface area contributed by atoms with Gasteiger partial charge in [-0.3, -0.25) is 5.10 Å². The van der Waals surface area contributed by atoms with Gasteiger partial charge in [-0.15, -0.1) is 0 Å². The molecule has 4 nitrogen and oxygen atoms in total. The SMILES string of the molecule is c1ccc2cc(-c3cc(-c4ccc5c(c4)OCCO5)[nH]n3)ccc2c1. The molecule has 5 rings (SSSR count). The van der Waals surface area contributed by atoms with Crippen LogP contribution in [0.4, 0.5) is 0 Å². The summed E-state index contributed by atoms with van der Waals surface area (Å²) < 4.78 is 11.2. The number of nitrogens with one attached hydrogen (secondary N) is 1. The summed E-state index contributed by atoms with van der Waals surface area (Å²) in [4.78, 5) is 0. The average molecular weight is 328 g/mol. The van der Waals surface area contributed by atoms with Gasteiger partial charge >= 0.3 is 0 Å². The molecule has 3 aromatic carbocycles. The summed E-state index contributed by atoms with van der Waals surface area (Å²) in [6.07, 6.45) is 0. The molecule has 1 aliphatic heterocycles. The normalized spacial score (nSPS) is 13.1. The van der Waals surface area contributed by atoms with Gasteiger partial charge in [-0.25, -0.2) is 0 Å². The average Bonchev–Trinajstić information content (AvgIpc) is 3.17. The van der Waals surface area contributed by atoms with E-state index >= 15 is 0 Å². The van der Waals surface area contributed by atoms with Crippen LogP contribution >= 0.6 is 0 Å². The van der Waals surface area contributed by atoms with Crippen LogP contribution < -0.4 is 9.47 Å². The lowest BCUT2D eigenvalue weighted by atomic mass is 10.0. The van der Waals surface area contributed by atoms with Gasteiger partial charge in [0, 0.05) is 11.1 Å². The number of H-pyrrole nitrogens is 1. The van der Waals surface area contributed by atoms with Gasteiger partial charge in [-0.05, 0) is 41.1 Å².